The predicted molar refractivity (Wildman–Crippen MR) is 140 cm³/mol. The van der Waals surface area contributed by atoms with E-state index >= 15 is 0 Å². The number of hydrogen-bond donors (Lipinski definition) is 3. The number of nitrogens with one attached hydrogen (secondary N) is 2. The third-order valence-electron chi connectivity index (χ3n) is 6.20. The Morgan fingerprint density at radius 3 is 2.39 bits per heavy atom. The number of methoxy groups -OCH3 is 2. The number of aryl methyl sites for hydroxylation is 1. The molecule has 0 saturated carbocycles. The summed E-state index contributed by atoms with van der Waals surface area (Å²) in [4.78, 5) is 49.6. The lowest BCUT2D eigenvalue weighted by atomic mass is 10.0. The molecule has 0 bridgehead atoms. The molecule has 0 aliphatic heterocycles. The van der Waals surface area contributed by atoms with Crippen LogP contribution in [-0.2, 0) is 20.8 Å². The maximum Gasteiger partial charge on any atom is 0.340 e. The number of rotatable bonds is 13. The molecule has 3 N–H and O–H groups in total. The van der Waals surface area contributed by atoms with Crippen LogP contribution < -0.4 is 25.7 Å². The van der Waals surface area contributed by atoms with E-state index in [0.29, 0.717) is 48.1 Å². The predicted octanol–water partition coefficient (Wildman–Crippen LogP) is 3.28. The summed E-state index contributed by atoms with van der Waals surface area (Å²) < 4.78 is 16.2. The molecule has 1 aromatic heterocycles. The van der Waals surface area contributed by atoms with Gasteiger partial charge in [-0.05, 0) is 43.0 Å². The van der Waals surface area contributed by atoms with Crippen LogP contribution in [0.2, 0.25) is 0 Å². The van der Waals surface area contributed by atoms with Crippen molar-refractivity contribution < 1.29 is 33.4 Å². The lowest BCUT2D eigenvalue weighted by Crippen LogP contribution is -2.41. The maximum absolute atomic E-state index is 13.1. The zero-order valence-corrected chi connectivity index (χ0v) is 21.7. The Kier molecular flexibility index (Phi) is 9.86. The second kappa shape index (κ2) is 13.3. The van der Waals surface area contributed by atoms with E-state index in [1.807, 2.05) is 0 Å². The van der Waals surface area contributed by atoms with Gasteiger partial charge in [0.2, 0.25) is 17.6 Å². The Morgan fingerprint density at radius 1 is 1.00 bits per heavy atom. The number of benzene rings is 2. The molecule has 0 aliphatic carbocycles. The van der Waals surface area contributed by atoms with Gasteiger partial charge in [-0.3, -0.25) is 14.4 Å². The monoisotopic (exact) mass is 524 g/mol. The first-order chi connectivity index (χ1) is 18.3. The number of carbonyl (C=O) groups is 3. The van der Waals surface area contributed by atoms with Crippen molar-refractivity contribution in [3.8, 4) is 11.5 Å². The average Bonchev–Trinajstić information content (AvgIpc) is 2.91. The van der Waals surface area contributed by atoms with Gasteiger partial charge in [-0.15, -0.1) is 0 Å². The molecule has 3 rings (SSSR count). The lowest BCUT2D eigenvalue weighted by Gasteiger charge is -2.19. The lowest BCUT2D eigenvalue weighted by molar-refractivity contribution is -0.137. The Labute approximate surface area is 219 Å². The summed E-state index contributed by atoms with van der Waals surface area (Å²) in [6, 6.07) is 11.2. The highest BCUT2D eigenvalue weighted by molar-refractivity contribution is 5.92. The summed E-state index contributed by atoms with van der Waals surface area (Å²) in [7, 11) is 2.92. The highest BCUT2D eigenvalue weighted by Gasteiger charge is 2.25. The fourth-order valence-electron chi connectivity index (χ4n) is 4.18. The van der Waals surface area contributed by atoms with Crippen molar-refractivity contribution in [1.29, 1.82) is 0 Å². The average molecular weight is 525 g/mol. The number of carboxylic acid groups (broad SMARTS) is 1. The molecule has 0 aliphatic rings. The van der Waals surface area contributed by atoms with Crippen LogP contribution in [0.15, 0.2) is 51.7 Å². The Bertz CT molecular complexity index is 1350. The number of unbranched alkanes of at least 4 members (excludes halogenated alkanes) is 2. The van der Waals surface area contributed by atoms with Crippen molar-refractivity contribution in [2.45, 2.75) is 45.1 Å². The Balaban J connectivity index is 1.76. The van der Waals surface area contributed by atoms with Crippen LogP contribution in [0.25, 0.3) is 11.0 Å². The van der Waals surface area contributed by atoms with Crippen LogP contribution in [0.5, 0.6) is 11.5 Å². The van der Waals surface area contributed by atoms with Crippen LogP contribution in [0.1, 0.15) is 48.4 Å². The van der Waals surface area contributed by atoms with Crippen LogP contribution in [0, 0.1) is 6.92 Å². The molecule has 2 amide bonds. The summed E-state index contributed by atoms with van der Waals surface area (Å²) in [5.74, 6) is -1.08. The number of carbonyl (C=O) groups excluding carboxylic acids is 2. The van der Waals surface area contributed by atoms with E-state index < -0.39 is 29.5 Å². The van der Waals surface area contributed by atoms with Gasteiger partial charge < -0.3 is 29.6 Å². The molecule has 38 heavy (non-hydrogen) atoms. The first-order valence-electron chi connectivity index (χ1n) is 12.3. The molecule has 202 valence electrons. The van der Waals surface area contributed by atoms with Crippen molar-refractivity contribution in [3.05, 3.63) is 69.6 Å². The van der Waals surface area contributed by atoms with Gasteiger partial charge in [0, 0.05) is 18.4 Å². The van der Waals surface area contributed by atoms with E-state index in [2.05, 4.69) is 10.6 Å². The molecule has 10 heteroatoms. The van der Waals surface area contributed by atoms with Gasteiger partial charge in [-0.1, -0.05) is 36.8 Å². The molecule has 0 spiro atoms. The zero-order valence-electron chi connectivity index (χ0n) is 21.7. The minimum absolute atomic E-state index is 0.0825. The first kappa shape index (κ1) is 28.2. The Hall–Kier alpha value is -4.34. The molecule has 1 heterocycles. The number of ether oxygens (including phenoxy) is 2. The van der Waals surface area contributed by atoms with E-state index in [1.54, 1.807) is 49.4 Å². The van der Waals surface area contributed by atoms with E-state index in [-0.39, 0.29) is 29.7 Å². The van der Waals surface area contributed by atoms with E-state index in [9.17, 15) is 19.2 Å². The minimum Gasteiger partial charge on any atom is -0.493 e. The quantitative estimate of drug-likeness (QED) is 0.228. The summed E-state index contributed by atoms with van der Waals surface area (Å²) in [6.07, 6.45) is 1.59. The van der Waals surface area contributed by atoms with Gasteiger partial charge in [-0.2, -0.15) is 0 Å². The van der Waals surface area contributed by atoms with Crippen molar-refractivity contribution in [2.24, 2.45) is 0 Å². The van der Waals surface area contributed by atoms with Gasteiger partial charge >= 0.3 is 11.6 Å². The largest absolute Gasteiger partial charge is 0.493 e. The van der Waals surface area contributed by atoms with Gasteiger partial charge in [0.25, 0.3) is 0 Å². The number of aliphatic carboxylic acids is 1. The highest BCUT2D eigenvalue weighted by atomic mass is 16.5. The fraction of sp³-hybridized carbons (Fsp3) is 0.357. The van der Waals surface area contributed by atoms with E-state index in [0.717, 1.165) is 0 Å². The van der Waals surface area contributed by atoms with Crippen molar-refractivity contribution >= 4 is 28.8 Å². The fourth-order valence-corrected chi connectivity index (χ4v) is 4.18. The molecular weight excluding hydrogens is 492 g/mol. The van der Waals surface area contributed by atoms with E-state index in [1.165, 1.54) is 14.2 Å². The van der Waals surface area contributed by atoms with Crippen molar-refractivity contribution in [3.63, 3.8) is 0 Å². The normalized spacial score (nSPS) is 11.6. The number of carboxylic acids is 1. The van der Waals surface area contributed by atoms with Gasteiger partial charge in [0.15, 0.2) is 11.3 Å². The van der Waals surface area contributed by atoms with Crippen LogP contribution in [0.4, 0.5) is 0 Å². The molecule has 0 radical (unpaired) electrons. The standard InChI is InChI=1S/C28H32N2O8/c1-17-19-13-14-21(36-2)26(37-3)25(19)38-28(35)20(17)16-22(31)30-24(18-10-6-4-7-11-18)27(34)29-15-9-5-8-12-23(32)33/h4,6-7,10-11,13-14,24H,5,8-9,12,15-16H2,1-3H3,(H,29,34)(H,30,31)(H,32,33). The molecule has 2 aromatic carbocycles. The summed E-state index contributed by atoms with van der Waals surface area (Å²) in [5, 5.41) is 14.9. The second-order valence-electron chi connectivity index (χ2n) is 8.75. The van der Waals surface area contributed by atoms with Crippen LogP contribution >= 0.6 is 0 Å². The maximum atomic E-state index is 13.1. The molecule has 1 atom stereocenters. The third-order valence-corrected chi connectivity index (χ3v) is 6.20. The van der Waals surface area contributed by atoms with E-state index in [4.69, 9.17) is 19.0 Å². The van der Waals surface area contributed by atoms with Gasteiger partial charge in [-0.25, -0.2) is 4.79 Å². The van der Waals surface area contributed by atoms with Gasteiger partial charge in [0.1, 0.15) is 6.04 Å². The molecule has 0 saturated heterocycles. The molecule has 1 unspecified atom stereocenters. The topological polar surface area (TPSA) is 144 Å². The van der Waals surface area contributed by atoms with Gasteiger partial charge in [0.05, 0.1) is 26.2 Å². The van der Waals surface area contributed by atoms with Crippen molar-refractivity contribution in [1.82, 2.24) is 10.6 Å². The molecular formula is C28H32N2O8. The molecule has 10 nitrogen and oxygen atoms in total. The number of amides is 2. The highest BCUT2D eigenvalue weighted by Crippen LogP contribution is 2.36. The van der Waals surface area contributed by atoms with Crippen LogP contribution in [0.3, 0.4) is 0 Å². The summed E-state index contributed by atoms with van der Waals surface area (Å²) in [6.45, 7) is 2.07. The van der Waals surface area contributed by atoms with Crippen molar-refractivity contribution in [2.75, 3.05) is 20.8 Å². The van der Waals surface area contributed by atoms with Crippen LogP contribution in [-0.4, -0.2) is 43.7 Å². The number of hydrogen-bond acceptors (Lipinski definition) is 7. The summed E-state index contributed by atoms with van der Waals surface area (Å²) >= 11 is 0. The first-order valence-corrected chi connectivity index (χ1v) is 12.3. The smallest absolute Gasteiger partial charge is 0.340 e. The Morgan fingerprint density at radius 2 is 1.74 bits per heavy atom. The number of fused-ring (bicyclic) bond motifs is 1. The summed E-state index contributed by atoms with van der Waals surface area (Å²) in [5.41, 5.74) is 0.868. The second-order valence-corrected chi connectivity index (χ2v) is 8.75. The molecule has 3 aromatic rings. The third kappa shape index (κ3) is 6.90. The molecule has 0 fully saturated rings. The SMILES string of the molecule is COc1ccc2c(C)c(CC(=O)NC(C(=O)NCCCCCC(=O)O)c3ccccc3)c(=O)oc2c1OC. The zero-order chi connectivity index (χ0) is 27.7. The minimum atomic E-state index is -0.972.